The first-order chi connectivity index (χ1) is 15.6. The summed E-state index contributed by atoms with van der Waals surface area (Å²) in [6.45, 7) is 6.56. The quantitative estimate of drug-likeness (QED) is 0.502. The predicted molar refractivity (Wildman–Crippen MR) is 123 cm³/mol. The molecule has 0 aliphatic heterocycles. The van der Waals surface area contributed by atoms with Crippen molar-refractivity contribution < 1.29 is 22.8 Å². The fourth-order valence-corrected chi connectivity index (χ4v) is 3.36. The first-order valence-electron chi connectivity index (χ1n) is 11.2. The van der Waals surface area contributed by atoms with E-state index in [2.05, 4.69) is 5.32 Å². The number of amides is 3. The van der Waals surface area contributed by atoms with Crippen molar-refractivity contribution in [2.24, 2.45) is 7.05 Å². The molecular formula is C24H33F3N4O2. The molecule has 1 aromatic heterocycles. The summed E-state index contributed by atoms with van der Waals surface area (Å²) < 4.78 is 41.0. The number of benzene rings is 1. The van der Waals surface area contributed by atoms with Gasteiger partial charge >= 0.3 is 12.2 Å². The Labute approximate surface area is 193 Å². The van der Waals surface area contributed by atoms with E-state index < -0.39 is 17.8 Å². The minimum atomic E-state index is -4.51. The molecule has 0 radical (unpaired) electrons. The molecule has 0 saturated carbocycles. The second-order valence-corrected chi connectivity index (χ2v) is 8.17. The molecule has 1 heterocycles. The molecule has 182 valence electrons. The van der Waals surface area contributed by atoms with Crippen LogP contribution in [0.15, 0.2) is 42.6 Å². The Balaban J connectivity index is 2.18. The molecule has 0 aliphatic carbocycles. The zero-order chi connectivity index (χ0) is 24.6. The van der Waals surface area contributed by atoms with Crippen LogP contribution in [0.5, 0.6) is 0 Å². The number of aromatic nitrogens is 1. The number of hydrogen-bond acceptors (Lipinski definition) is 2. The molecule has 0 spiro atoms. The van der Waals surface area contributed by atoms with Crippen LogP contribution in [0.25, 0.3) is 0 Å². The highest BCUT2D eigenvalue weighted by molar-refractivity contribution is 5.92. The standard InChI is InChI=1S/C24H33F3N4O2/c1-5-7-14-30(16-21-12-9-13-29(21)4)22(32)17-31(18(3)6-2)23(33)28-20-11-8-10-19(15-20)24(25,26)27/h8-13,15,18H,5-7,14,16-17H2,1-4H3,(H,28,33). The molecule has 0 bridgehead atoms. The third-order valence-corrected chi connectivity index (χ3v) is 5.67. The fraction of sp³-hybridized carbons (Fsp3) is 0.500. The molecule has 2 aromatic rings. The van der Waals surface area contributed by atoms with Crippen LogP contribution in [0.3, 0.4) is 0 Å². The summed E-state index contributed by atoms with van der Waals surface area (Å²) >= 11 is 0. The van der Waals surface area contributed by atoms with Crippen LogP contribution in [0.4, 0.5) is 23.7 Å². The number of nitrogens with one attached hydrogen (secondary N) is 1. The van der Waals surface area contributed by atoms with E-state index in [4.69, 9.17) is 0 Å². The van der Waals surface area contributed by atoms with Crippen LogP contribution in [0.2, 0.25) is 0 Å². The Kier molecular flexibility index (Phi) is 9.37. The predicted octanol–water partition coefficient (Wildman–Crippen LogP) is 5.51. The van der Waals surface area contributed by atoms with E-state index in [9.17, 15) is 22.8 Å². The second-order valence-electron chi connectivity index (χ2n) is 8.17. The average Bonchev–Trinajstić information content (AvgIpc) is 3.18. The van der Waals surface area contributed by atoms with Gasteiger partial charge in [-0.25, -0.2) is 4.79 Å². The summed E-state index contributed by atoms with van der Waals surface area (Å²) in [5.41, 5.74) is 0.157. The lowest BCUT2D eigenvalue weighted by molar-refractivity contribution is -0.137. The lowest BCUT2D eigenvalue weighted by Gasteiger charge is -2.31. The van der Waals surface area contributed by atoms with Crippen molar-refractivity contribution in [3.8, 4) is 0 Å². The minimum absolute atomic E-state index is 0.0298. The molecule has 1 N–H and O–H groups in total. The van der Waals surface area contributed by atoms with Crippen LogP contribution in [0.1, 0.15) is 51.3 Å². The van der Waals surface area contributed by atoms with Crippen molar-refractivity contribution in [3.63, 3.8) is 0 Å². The Morgan fingerprint density at radius 1 is 1.15 bits per heavy atom. The molecule has 3 amide bonds. The van der Waals surface area contributed by atoms with Crippen molar-refractivity contribution in [3.05, 3.63) is 53.9 Å². The van der Waals surface area contributed by atoms with Crippen molar-refractivity contribution in [1.82, 2.24) is 14.4 Å². The van der Waals surface area contributed by atoms with Crippen molar-refractivity contribution in [2.45, 2.75) is 58.8 Å². The highest BCUT2D eigenvalue weighted by Crippen LogP contribution is 2.30. The maximum Gasteiger partial charge on any atom is 0.416 e. The van der Waals surface area contributed by atoms with E-state index >= 15 is 0 Å². The van der Waals surface area contributed by atoms with Gasteiger partial charge in [0.15, 0.2) is 0 Å². The van der Waals surface area contributed by atoms with Gasteiger partial charge in [-0.3, -0.25) is 4.79 Å². The largest absolute Gasteiger partial charge is 0.416 e. The Hall–Kier alpha value is -2.97. The summed E-state index contributed by atoms with van der Waals surface area (Å²) in [5.74, 6) is -0.204. The van der Waals surface area contributed by atoms with Gasteiger partial charge in [-0.1, -0.05) is 26.3 Å². The molecular weight excluding hydrogens is 433 g/mol. The molecule has 33 heavy (non-hydrogen) atoms. The number of rotatable bonds is 10. The summed E-state index contributed by atoms with van der Waals surface area (Å²) in [4.78, 5) is 29.3. The number of unbranched alkanes of at least 4 members (excludes halogenated alkanes) is 1. The minimum Gasteiger partial charge on any atom is -0.353 e. The molecule has 2 rings (SSSR count). The highest BCUT2D eigenvalue weighted by atomic mass is 19.4. The number of halogens is 3. The van der Waals surface area contributed by atoms with Crippen molar-refractivity contribution in [2.75, 3.05) is 18.4 Å². The van der Waals surface area contributed by atoms with Crippen molar-refractivity contribution >= 4 is 17.6 Å². The SMILES string of the molecule is CCCCN(Cc1cccn1C)C(=O)CN(C(=O)Nc1cccc(C(F)(F)F)c1)C(C)CC. The monoisotopic (exact) mass is 466 g/mol. The fourth-order valence-electron chi connectivity index (χ4n) is 3.36. The maximum absolute atomic E-state index is 13.2. The third kappa shape index (κ3) is 7.54. The van der Waals surface area contributed by atoms with E-state index in [1.54, 1.807) is 4.90 Å². The third-order valence-electron chi connectivity index (χ3n) is 5.67. The van der Waals surface area contributed by atoms with Crippen molar-refractivity contribution in [1.29, 1.82) is 0 Å². The maximum atomic E-state index is 13.2. The van der Waals surface area contributed by atoms with Gasteiger partial charge in [0.1, 0.15) is 6.54 Å². The van der Waals surface area contributed by atoms with Gasteiger partial charge in [0.25, 0.3) is 0 Å². The van der Waals surface area contributed by atoms with E-state index in [-0.39, 0.29) is 24.2 Å². The first-order valence-corrected chi connectivity index (χ1v) is 11.2. The number of carbonyl (C=O) groups is 2. The first kappa shape index (κ1) is 26.3. The zero-order valence-electron chi connectivity index (χ0n) is 19.7. The number of urea groups is 1. The molecule has 1 atom stereocenters. The zero-order valence-corrected chi connectivity index (χ0v) is 19.7. The molecule has 6 nitrogen and oxygen atoms in total. The van der Waals surface area contributed by atoms with E-state index in [0.29, 0.717) is 19.5 Å². The van der Waals surface area contributed by atoms with E-state index in [1.165, 1.54) is 17.0 Å². The lowest BCUT2D eigenvalue weighted by Crippen LogP contribution is -2.48. The molecule has 0 aliphatic rings. The summed E-state index contributed by atoms with van der Waals surface area (Å²) in [6, 6.07) is 7.44. The molecule has 0 fully saturated rings. The van der Waals surface area contributed by atoms with E-state index in [1.807, 2.05) is 50.7 Å². The van der Waals surface area contributed by atoms with Crippen LogP contribution in [-0.4, -0.2) is 45.4 Å². The number of nitrogens with zero attached hydrogens (tertiary/aromatic N) is 3. The smallest absolute Gasteiger partial charge is 0.353 e. The summed E-state index contributed by atoms with van der Waals surface area (Å²) in [7, 11) is 1.91. The Morgan fingerprint density at radius 2 is 1.88 bits per heavy atom. The van der Waals surface area contributed by atoms with Gasteiger partial charge in [-0.15, -0.1) is 0 Å². The van der Waals surface area contributed by atoms with Gasteiger partial charge < -0.3 is 19.7 Å². The normalized spacial score (nSPS) is 12.3. The number of alkyl halides is 3. The highest BCUT2D eigenvalue weighted by Gasteiger charge is 2.31. The van der Waals surface area contributed by atoms with Crippen LogP contribution in [0, 0.1) is 0 Å². The van der Waals surface area contributed by atoms with Gasteiger partial charge in [0.05, 0.1) is 12.1 Å². The number of carbonyl (C=O) groups excluding carboxylic acids is 2. The van der Waals surface area contributed by atoms with Crippen LogP contribution >= 0.6 is 0 Å². The lowest BCUT2D eigenvalue weighted by atomic mass is 10.2. The Morgan fingerprint density at radius 3 is 2.45 bits per heavy atom. The number of aryl methyl sites for hydroxylation is 1. The van der Waals surface area contributed by atoms with Gasteiger partial charge in [-0.05, 0) is 50.1 Å². The second kappa shape index (κ2) is 11.8. The molecule has 9 heteroatoms. The number of anilines is 1. The summed E-state index contributed by atoms with van der Waals surface area (Å²) in [5, 5.41) is 2.52. The molecule has 0 saturated heterocycles. The molecule has 1 unspecified atom stereocenters. The van der Waals surface area contributed by atoms with Crippen LogP contribution < -0.4 is 5.32 Å². The van der Waals surface area contributed by atoms with Gasteiger partial charge in [-0.2, -0.15) is 13.2 Å². The number of hydrogen-bond donors (Lipinski definition) is 1. The topological polar surface area (TPSA) is 57.6 Å². The summed E-state index contributed by atoms with van der Waals surface area (Å²) in [6.07, 6.45) is -0.260. The van der Waals surface area contributed by atoms with Crippen LogP contribution in [-0.2, 0) is 24.6 Å². The van der Waals surface area contributed by atoms with Gasteiger partial charge in [0, 0.05) is 37.2 Å². The Bertz CT molecular complexity index is 926. The molecule has 1 aromatic carbocycles. The van der Waals surface area contributed by atoms with Gasteiger partial charge in [0.2, 0.25) is 5.91 Å². The van der Waals surface area contributed by atoms with E-state index in [0.717, 1.165) is 30.7 Å². The average molecular weight is 467 g/mol.